The molecule has 0 unspecified atom stereocenters. The van der Waals surface area contributed by atoms with Gasteiger partial charge in [-0.15, -0.1) is 0 Å². The summed E-state index contributed by atoms with van der Waals surface area (Å²) in [5.41, 5.74) is 1.07. The van der Waals surface area contributed by atoms with E-state index in [-0.39, 0.29) is 52.2 Å². The van der Waals surface area contributed by atoms with Crippen molar-refractivity contribution in [2.24, 2.45) is 11.8 Å². The number of nitrogens with zero attached hydrogens (tertiary/aromatic N) is 1. The number of carbonyl (C=O) groups is 2. The first-order chi connectivity index (χ1) is 11.6. The minimum Gasteiger partial charge on any atom is -0.364 e. The van der Waals surface area contributed by atoms with Gasteiger partial charge in [0.15, 0.2) is 5.78 Å². The van der Waals surface area contributed by atoms with E-state index in [2.05, 4.69) is 13.8 Å². The number of Topliss-reactive ketones (excluding diaryl/α,β-unsaturated/α-hetero) is 1. The van der Waals surface area contributed by atoms with Crippen molar-refractivity contribution >= 4 is 38.7 Å². The number of benzene rings is 1. The first-order valence-electron chi connectivity index (χ1n) is 9.05. The molecule has 3 rings (SSSR count). The first kappa shape index (κ1) is 26.0. The van der Waals surface area contributed by atoms with Gasteiger partial charge in [-0.2, -0.15) is 27.0 Å². The lowest BCUT2D eigenvalue weighted by Crippen LogP contribution is -2.46. The molecule has 0 N–H and O–H groups in total. The largest absolute Gasteiger partial charge is 0.364 e. The summed E-state index contributed by atoms with van der Waals surface area (Å²) in [6.07, 6.45) is 2.74. The van der Waals surface area contributed by atoms with Gasteiger partial charge < -0.3 is 9.64 Å². The lowest BCUT2D eigenvalue weighted by atomic mass is 10.0. The van der Waals surface area contributed by atoms with Crippen LogP contribution in [0.5, 0.6) is 0 Å². The molecule has 1 aromatic carbocycles. The van der Waals surface area contributed by atoms with E-state index >= 15 is 0 Å². The second-order valence-corrected chi connectivity index (χ2v) is 7.45. The van der Waals surface area contributed by atoms with Crippen molar-refractivity contribution in [3.05, 3.63) is 35.9 Å². The molecule has 3 atom stereocenters. The number of hydrogen-bond acceptors (Lipinski definition) is 3. The molecule has 1 aliphatic carbocycles. The van der Waals surface area contributed by atoms with Crippen LogP contribution in [0, 0.1) is 11.8 Å². The number of rotatable bonds is 6. The van der Waals surface area contributed by atoms with Crippen LogP contribution < -0.4 is 0 Å². The maximum Gasteiger partial charge on any atom is 0.252 e. The van der Waals surface area contributed by atoms with Gasteiger partial charge in [-0.1, -0.05) is 51.6 Å². The Bertz CT molecular complexity index is 594. The van der Waals surface area contributed by atoms with Crippen molar-refractivity contribution in [2.45, 2.75) is 65.7 Å². The summed E-state index contributed by atoms with van der Waals surface area (Å²) in [6.45, 7) is 5.32. The summed E-state index contributed by atoms with van der Waals surface area (Å²) in [7, 11) is 0. The van der Waals surface area contributed by atoms with Crippen LogP contribution in [-0.2, 0) is 20.9 Å². The van der Waals surface area contributed by atoms with E-state index in [0.717, 1.165) is 18.4 Å². The molecule has 1 aromatic rings. The third kappa shape index (κ3) is 6.26. The summed E-state index contributed by atoms with van der Waals surface area (Å²) >= 11 is 0. The van der Waals surface area contributed by atoms with E-state index in [1.807, 2.05) is 30.3 Å². The van der Waals surface area contributed by atoms with E-state index in [1.54, 1.807) is 4.90 Å². The Kier molecular flexibility index (Phi) is 11.3. The number of carbonyl (C=O) groups excluding carboxylic acids is 2. The molecule has 1 heterocycles. The van der Waals surface area contributed by atoms with Gasteiger partial charge in [0.25, 0.3) is 5.91 Å². The first-order valence-corrected chi connectivity index (χ1v) is 9.05. The number of ether oxygens (including phenoxy) is 1. The predicted molar refractivity (Wildman–Crippen MR) is 120 cm³/mol. The average molecular weight is 414 g/mol. The van der Waals surface area contributed by atoms with Gasteiger partial charge in [0.2, 0.25) is 0 Å². The fourth-order valence-electron chi connectivity index (χ4n) is 3.94. The van der Waals surface area contributed by atoms with Crippen molar-refractivity contribution in [3.63, 3.8) is 0 Å². The second kappa shape index (κ2) is 11.8. The molecule has 0 radical (unpaired) electrons. The third-order valence-corrected chi connectivity index (χ3v) is 5.15. The zero-order chi connectivity index (χ0) is 17.1. The van der Waals surface area contributed by atoms with Crippen molar-refractivity contribution < 1.29 is 14.3 Å². The molecular formula is C21H35NO3S2. The Morgan fingerprint density at radius 1 is 1.19 bits per heavy atom. The zero-order valence-electron chi connectivity index (χ0n) is 15.6. The van der Waals surface area contributed by atoms with Gasteiger partial charge in [0.1, 0.15) is 6.10 Å². The normalized spacial score (nSPS) is 21.7. The molecule has 1 saturated heterocycles. The molecule has 0 aromatic heterocycles. The van der Waals surface area contributed by atoms with Crippen LogP contribution in [0.3, 0.4) is 0 Å². The second-order valence-electron chi connectivity index (χ2n) is 7.45. The number of fused-ring (bicyclic) bond motifs is 1. The van der Waals surface area contributed by atoms with E-state index in [4.69, 9.17) is 4.74 Å². The van der Waals surface area contributed by atoms with Gasteiger partial charge >= 0.3 is 0 Å². The monoisotopic (exact) mass is 413 g/mol. The lowest BCUT2D eigenvalue weighted by Gasteiger charge is -2.28. The topological polar surface area (TPSA) is 46.6 Å². The highest BCUT2D eigenvalue weighted by Gasteiger charge is 2.46. The molecular weight excluding hydrogens is 378 g/mol. The van der Waals surface area contributed by atoms with E-state index in [1.165, 1.54) is 0 Å². The van der Waals surface area contributed by atoms with Gasteiger partial charge in [-0.05, 0) is 36.7 Å². The van der Waals surface area contributed by atoms with Crippen molar-refractivity contribution in [1.29, 1.82) is 0 Å². The molecule has 6 heteroatoms. The van der Waals surface area contributed by atoms with Gasteiger partial charge in [0.05, 0.1) is 12.6 Å². The minimum absolute atomic E-state index is 0. The van der Waals surface area contributed by atoms with Crippen LogP contribution in [0.15, 0.2) is 30.3 Å². The molecule has 2 aliphatic rings. The van der Waals surface area contributed by atoms with Crippen molar-refractivity contribution in [2.75, 3.05) is 6.54 Å². The number of likely N-dealkylation sites (tertiary alicyclic amines) is 1. The highest BCUT2D eigenvalue weighted by atomic mass is 32.1. The Morgan fingerprint density at radius 2 is 1.85 bits per heavy atom. The van der Waals surface area contributed by atoms with E-state index < -0.39 is 6.10 Å². The minimum atomic E-state index is -0.461. The number of amides is 1. The Balaban J connectivity index is 0.00000225. The summed E-state index contributed by atoms with van der Waals surface area (Å²) in [4.78, 5) is 27.0. The molecule has 2 fully saturated rings. The fourth-order valence-corrected chi connectivity index (χ4v) is 3.94. The maximum atomic E-state index is 13.0. The van der Waals surface area contributed by atoms with Crippen LogP contribution in [0.25, 0.3) is 0 Å². The van der Waals surface area contributed by atoms with E-state index in [0.29, 0.717) is 37.8 Å². The van der Waals surface area contributed by atoms with Crippen LogP contribution >= 0.6 is 27.0 Å². The zero-order valence-corrected chi connectivity index (χ0v) is 17.6. The van der Waals surface area contributed by atoms with Crippen LogP contribution in [-0.4, -0.2) is 35.3 Å². The Labute approximate surface area is 177 Å². The van der Waals surface area contributed by atoms with Crippen molar-refractivity contribution in [3.8, 4) is 0 Å². The quantitative estimate of drug-likeness (QED) is 0.706. The SMILES string of the molecule is C.CC(C)C[C@H](OCc1ccccc1)C(=O)N1CC[C@H]2CCC(=O)[C@H]21.S.S. The fraction of sp³-hybridized carbons (Fsp3) is 0.619. The molecule has 0 spiro atoms. The van der Waals surface area contributed by atoms with Gasteiger partial charge in [-0.3, -0.25) is 9.59 Å². The Morgan fingerprint density at radius 3 is 2.48 bits per heavy atom. The summed E-state index contributed by atoms with van der Waals surface area (Å²) in [6, 6.07) is 9.73. The lowest BCUT2D eigenvalue weighted by molar-refractivity contribution is -0.149. The van der Waals surface area contributed by atoms with Crippen molar-refractivity contribution in [1.82, 2.24) is 4.90 Å². The molecule has 0 bridgehead atoms. The van der Waals surface area contributed by atoms with E-state index in [9.17, 15) is 9.59 Å². The summed E-state index contributed by atoms with van der Waals surface area (Å²) < 4.78 is 5.99. The predicted octanol–water partition coefficient (Wildman–Crippen LogP) is 4.06. The highest BCUT2D eigenvalue weighted by Crippen LogP contribution is 2.36. The Hall–Kier alpha value is -0.980. The molecule has 1 saturated carbocycles. The van der Waals surface area contributed by atoms with Crippen LogP contribution in [0.1, 0.15) is 52.5 Å². The smallest absolute Gasteiger partial charge is 0.252 e. The maximum absolute atomic E-state index is 13.0. The standard InChI is InChI=1S/C20H27NO3.CH4.2H2S/c1-14(2)12-18(24-13-15-6-4-3-5-7-15)20(23)21-11-10-16-8-9-17(22)19(16)21;;;/h3-7,14,16,18-19H,8-13H2,1-2H3;1H4;2*1H2/t16-,18+,19+;;;/m1.../s1. The molecule has 154 valence electrons. The number of hydrogen-bond donors (Lipinski definition) is 0. The molecule has 1 amide bonds. The van der Waals surface area contributed by atoms with Crippen LogP contribution in [0.4, 0.5) is 0 Å². The third-order valence-electron chi connectivity index (χ3n) is 5.15. The molecule has 27 heavy (non-hydrogen) atoms. The summed E-state index contributed by atoms with van der Waals surface area (Å²) in [5, 5.41) is 0. The highest BCUT2D eigenvalue weighted by molar-refractivity contribution is 7.59. The molecule has 1 aliphatic heterocycles. The van der Waals surface area contributed by atoms with Gasteiger partial charge in [-0.25, -0.2) is 0 Å². The number of ketones is 1. The summed E-state index contributed by atoms with van der Waals surface area (Å²) in [5.74, 6) is 0.974. The van der Waals surface area contributed by atoms with Crippen LogP contribution in [0.2, 0.25) is 0 Å². The molecule has 4 nitrogen and oxygen atoms in total. The van der Waals surface area contributed by atoms with Gasteiger partial charge in [0, 0.05) is 13.0 Å². The average Bonchev–Trinajstić information content (AvgIpc) is 3.15.